The van der Waals surface area contributed by atoms with Crippen LogP contribution in [0.2, 0.25) is 0 Å². The second kappa shape index (κ2) is 20.5. The zero-order valence-electron chi connectivity index (χ0n) is 34.0. The van der Waals surface area contributed by atoms with Crippen molar-refractivity contribution < 1.29 is 47.8 Å². The summed E-state index contributed by atoms with van der Waals surface area (Å²) in [6.45, 7) is 5.47. The van der Waals surface area contributed by atoms with Crippen LogP contribution in [-0.4, -0.2) is 157 Å². The zero-order chi connectivity index (χ0) is 42.0. The Morgan fingerprint density at radius 3 is 1.48 bits per heavy atom. The second-order valence-corrected chi connectivity index (χ2v) is 15.2. The third kappa shape index (κ3) is 10.8. The normalized spacial score (nSPS) is 31.6. The van der Waals surface area contributed by atoms with Crippen molar-refractivity contribution in [2.75, 3.05) is 41.4 Å². The number of rotatable bonds is 4. The van der Waals surface area contributed by atoms with Crippen LogP contribution < -0.4 is 22.1 Å². The van der Waals surface area contributed by atoms with Gasteiger partial charge >= 0.3 is 11.9 Å². The molecule has 56 heavy (non-hydrogen) atoms. The molecule has 8 atom stereocenters. The van der Waals surface area contributed by atoms with E-state index in [-0.39, 0.29) is 24.7 Å². The number of nitrogens with zero attached hydrogens (tertiary/aromatic N) is 4. The van der Waals surface area contributed by atoms with Crippen molar-refractivity contribution in [2.45, 2.75) is 127 Å². The molecule has 0 spiro atoms. The van der Waals surface area contributed by atoms with Gasteiger partial charge in [-0.1, -0.05) is 51.7 Å². The average Bonchev–Trinajstić information content (AvgIpc) is 3.71. The number of cyclic esters (lactones) is 2. The van der Waals surface area contributed by atoms with E-state index in [4.69, 9.17) is 20.9 Å². The molecule has 2 heterocycles. The lowest BCUT2D eigenvalue weighted by Gasteiger charge is -2.38. The summed E-state index contributed by atoms with van der Waals surface area (Å²) in [5, 5.41) is 5.08. The molecule has 0 saturated heterocycles. The van der Waals surface area contributed by atoms with E-state index in [1.807, 2.05) is 13.8 Å². The van der Waals surface area contributed by atoms with Crippen LogP contribution in [0.3, 0.4) is 0 Å². The molecular weight excluding hydrogens is 728 g/mol. The Morgan fingerprint density at radius 1 is 0.643 bits per heavy atom. The molecule has 1 aliphatic carbocycles. The van der Waals surface area contributed by atoms with Gasteiger partial charge in [0.2, 0.25) is 35.4 Å². The maximum atomic E-state index is 14.5. The highest BCUT2D eigenvalue weighted by molar-refractivity contribution is 5.96. The second-order valence-electron chi connectivity index (χ2n) is 15.2. The van der Waals surface area contributed by atoms with E-state index in [9.17, 15) is 38.4 Å². The molecule has 6 N–H and O–H groups in total. The minimum atomic E-state index is -1.38. The van der Waals surface area contributed by atoms with Crippen molar-refractivity contribution in [1.82, 2.24) is 30.2 Å². The van der Waals surface area contributed by atoms with E-state index < -0.39 is 109 Å². The molecule has 0 aromatic heterocycles. The van der Waals surface area contributed by atoms with Crippen molar-refractivity contribution in [3.05, 3.63) is 12.2 Å². The molecule has 18 nitrogen and oxygen atoms in total. The van der Waals surface area contributed by atoms with Gasteiger partial charge in [-0.05, 0) is 51.4 Å². The Labute approximate surface area is 329 Å². The summed E-state index contributed by atoms with van der Waals surface area (Å²) in [5.41, 5.74) is 12.2. The zero-order valence-corrected chi connectivity index (χ0v) is 34.0. The summed E-state index contributed by atoms with van der Waals surface area (Å²) in [7, 11) is 5.68. The largest absolute Gasteiger partial charge is 0.462 e. The first-order chi connectivity index (χ1) is 26.4. The number of ether oxygens (including phenoxy) is 2. The number of likely N-dealkylation sites (N-methyl/N-ethyl adjacent to an activating group) is 4. The summed E-state index contributed by atoms with van der Waals surface area (Å²) >= 11 is 0. The third-order valence-corrected chi connectivity index (χ3v) is 11.4. The predicted octanol–water partition coefficient (Wildman–Crippen LogP) is -0.965. The molecule has 1 fully saturated rings. The smallest absolute Gasteiger partial charge is 0.329 e. The maximum absolute atomic E-state index is 14.5. The van der Waals surface area contributed by atoms with E-state index in [0.717, 1.165) is 17.7 Å². The molecule has 0 aromatic carbocycles. The molecule has 6 amide bonds. The number of nitrogens with one attached hydrogen (secondary N) is 2. The van der Waals surface area contributed by atoms with Gasteiger partial charge in [-0.15, -0.1) is 0 Å². The van der Waals surface area contributed by atoms with Gasteiger partial charge in [0, 0.05) is 28.2 Å². The summed E-state index contributed by atoms with van der Waals surface area (Å²) in [6.07, 6.45) is 6.93. The lowest BCUT2D eigenvalue weighted by Crippen LogP contribution is -2.59. The maximum Gasteiger partial charge on any atom is 0.329 e. The first-order valence-electron chi connectivity index (χ1n) is 19.5. The fourth-order valence-corrected chi connectivity index (χ4v) is 7.73. The molecule has 1 saturated carbocycles. The van der Waals surface area contributed by atoms with Gasteiger partial charge in [0.05, 0.1) is 0 Å². The Balaban J connectivity index is 2.22. The molecule has 314 valence electrons. The monoisotopic (exact) mass is 790 g/mol. The van der Waals surface area contributed by atoms with Crippen LogP contribution in [0, 0.1) is 11.8 Å². The van der Waals surface area contributed by atoms with Crippen molar-refractivity contribution in [2.24, 2.45) is 23.3 Å². The molecule has 3 aliphatic rings. The van der Waals surface area contributed by atoms with Crippen molar-refractivity contribution in [3.63, 3.8) is 0 Å². The molecule has 2 aliphatic heterocycles. The molecule has 0 radical (unpaired) electrons. The fraction of sp³-hybridized carbons (Fsp3) is 0.737. The van der Waals surface area contributed by atoms with E-state index in [0.29, 0.717) is 25.7 Å². The van der Waals surface area contributed by atoms with Crippen molar-refractivity contribution >= 4 is 47.4 Å². The molecule has 18 heteroatoms. The molecule has 2 bridgehead atoms. The highest BCUT2D eigenvalue weighted by Gasteiger charge is 2.43. The van der Waals surface area contributed by atoms with Gasteiger partial charge < -0.3 is 51.2 Å². The summed E-state index contributed by atoms with van der Waals surface area (Å²) < 4.78 is 11.1. The minimum absolute atomic E-state index is 0.0769. The van der Waals surface area contributed by atoms with Crippen molar-refractivity contribution in [1.29, 1.82) is 0 Å². The van der Waals surface area contributed by atoms with Gasteiger partial charge in [0.15, 0.2) is 0 Å². The van der Waals surface area contributed by atoms with Crippen molar-refractivity contribution in [3.8, 4) is 0 Å². The Morgan fingerprint density at radius 2 is 1.05 bits per heavy atom. The number of hydrogen-bond acceptors (Lipinski definition) is 12. The Bertz CT molecular complexity index is 1400. The molecule has 6 unspecified atom stereocenters. The lowest BCUT2D eigenvalue weighted by atomic mass is 9.92. The quantitative estimate of drug-likeness (QED) is 0.199. The van der Waals surface area contributed by atoms with Crippen LogP contribution in [0.4, 0.5) is 0 Å². The van der Waals surface area contributed by atoms with E-state index >= 15 is 0 Å². The lowest BCUT2D eigenvalue weighted by molar-refractivity contribution is -0.161. The highest BCUT2D eigenvalue weighted by atomic mass is 16.5. The van der Waals surface area contributed by atoms with E-state index in [1.165, 1.54) is 56.7 Å². The van der Waals surface area contributed by atoms with Crippen LogP contribution in [0.5, 0.6) is 0 Å². The summed E-state index contributed by atoms with van der Waals surface area (Å²) in [5.74, 6) is -6.30. The van der Waals surface area contributed by atoms with Gasteiger partial charge in [0.1, 0.15) is 61.5 Å². The van der Waals surface area contributed by atoms with Gasteiger partial charge in [-0.3, -0.25) is 28.8 Å². The van der Waals surface area contributed by atoms with E-state index in [1.54, 1.807) is 12.2 Å². The SMILES string of the molecule is CCC(CC)C1C(=O)OCC(N)C(=O)NC(C)C(=O)N(C)[C@H]2C/C=C\C[C@@H](C(=O)N1C)N(C)C(=O)C(C)NC(=O)C(N)COC(=O)C(C1CCCC1)N(C)C2=O. The first kappa shape index (κ1) is 45.8. The first-order valence-corrected chi connectivity index (χ1v) is 19.5. The topological polar surface area (TPSA) is 244 Å². The summed E-state index contributed by atoms with van der Waals surface area (Å²) in [6, 6.07) is -9.69. The molecular formula is C38H62N8O10. The predicted molar refractivity (Wildman–Crippen MR) is 204 cm³/mol. The molecule has 3 rings (SSSR count). The number of carbonyl (C=O) groups is 8. The van der Waals surface area contributed by atoms with Gasteiger partial charge in [-0.2, -0.15) is 0 Å². The minimum Gasteiger partial charge on any atom is -0.462 e. The third-order valence-electron chi connectivity index (χ3n) is 11.4. The number of carbonyl (C=O) groups excluding carboxylic acids is 8. The molecule has 0 aromatic rings. The van der Waals surface area contributed by atoms with Crippen LogP contribution in [0.1, 0.15) is 79.1 Å². The Kier molecular flexibility index (Phi) is 16.8. The van der Waals surface area contributed by atoms with Gasteiger partial charge in [-0.25, -0.2) is 9.59 Å². The van der Waals surface area contributed by atoms with Crippen LogP contribution in [0.25, 0.3) is 0 Å². The highest BCUT2D eigenvalue weighted by Crippen LogP contribution is 2.31. The van der Waals surface area contributed by atoms with E-state index in [2.05, 4.69) is 10.6 Å². The van der Waals surface area contributed by atoms with Crippen LogP contribution >= 0.6 is 0 Å². The fourth-order valence-electron chi connectivity index (χ4n) is 7.73. The Hall–Kier alpha value is -4.58. The number of nitrogens with two attached hydrogens (primary N) is 2. The van der Waals surface area contributed by atoms with Crippen LogP contribution in [-0.2, 0) is 47.8 Å². The average molecular weight is 791 g/mol. The number of hydrogen-bond donors (Lipinski definition) is 4. The number of fused-ring (bicyclic) bond motifs is 4. The number of esters is 2. The van der Waals surface area contributed by atoms with Crippen LogP contribution in [0.15, 0.2) is 12.2 Å². The summed E-state index contributed by atoms with van der Waals surface area (Å²) in [4.78, 5) is 115. The number of amides is 6. The standard InChI is InChI=1S/C38H62N8O10/c1-9-23(10-2)29-37(53)55-19-25(39)31(47)41-22(4)34(50)44(6)28-18-14-13-17-27(35(51)45(29)7)43(5)33(49)21(3)42-32(48)26(40)20-56-38(54)30(46(8)36(28)52)24-15-11-12-16-24/h13-14,21-30H,9-12,15-20,39-40H2,1-8H3,(H,41,47)(H,42,48)/b14-13-/t21?,22?,25?,26?,27-,28-,29?,30?/m0/s1. The van der Waals surface area contributed by atoms with Gasteiger partial charge in [0.25, 0.3) is 0 Å².